The van der Waals surface area contributed by atoms with Gasteiger partial charge in [-0.15, -0.1) is 0 Å². The van der Waals surface area contributed by atoms with Crippen molar-refractivity contribution in [1.82, 2.24) is 4.90 Å². The van der Waals surface area contributed by atoms with Crippen LogP contribution in [0.5, 0.6) is 0 Å². The molecule has 0 spiro atoms. The van der Waals surface area contributed by atoms with Gasteiger partial charge in [-0.3, -0.25) is 18.4 Å². The van der Waals surface area contributed by atoms with Gasteiger partial charge in [0.2, 0.25) is 0 Å². The Morgan fingerprint density at radius 2 is 0.727 bits per heavy atom. The van der Waals surface area contributed by atoms with Gasteiger partial charge >= 0.3 is 13.8 Å². The Morgan fingerprint density at radius 3 is 1.09 bits per heavy atom. The van der Waals surface area contributed by atoms with E-state index < -0.39 is 7.82 Å². The van der Waals surface area contributed by atoms with Crippen molar-refractivity contribution < 1.29 is 32.8 Å². The SMILES string of the molecule is CCCCCCCCCOC(=O)CCCCCCCN(CCO)CCCCCCCCCOP(=O)(OCCCCCCCCC)OCCCCCCCCC. The highest BCUT2D eigenvalue weighted by atomic mass is 31.2. The van der Waals surface area contributed by atoms with Crippen LogP contribution >= 0.6 is 7.82 Å². The van der Waals surface area contributed by atoms with Crippen LogP contribution in [-0.4, -0.2) is 68.6 Å². The number of aliphatic hydroxyl groups is 1. The fourth-order valence-corrected chi connectivity index (χ4v) is 8.29. The van der Waals surface area contributed by atoms with Gasteiger partial charge in [-0.2, -0.15) is 0 Å². The maximum absolute atomic E-state index is 13.4. The first-order chi connectivity index (χ1) is 27.0. The van der Waals surface area contributed by atoms with Gasteiger partial charge in [0.05, 0.1) is 33.0 Å². The van der Waals surface area contributed by atoms with Crippen molar-refractivity contribution in [1.29, 1.82) is 0 Å². The molecule has 0 amide bonds. The topological polar surface area (TPSA) is 94.5 Å². The average Bonchev–Trinajstić information content (AvgIpc) is 3.18. The molecule has 8 nitrogen and oxygen atoms in total. The van der Waals surface area contributed by atoms with Gasteiger partial charge in [0.25, 0.3) is 0 Å². The molecule has 0 aromatic heterocycles. The summed E-state index contributed by atoms with van der Waals surface area (Å²) in [6.07, 6.45) is 39.2. The van der Waals surface area contributed by atoms with Crippen LogP contribution in [-0.2, 0) is 27.7 Å². The molecule has 0 aromatic rings. The quantitative estimate of drug-likeness (QED) is 0.0369. The maximum Gasteiger partial charge on any atom is 0.474 e. The summed E-state index contributed by atoms with van der Waals surface area (Å²) in [5.74, 6) is -0.0324. The summed E-state index contributed by atoms with van der Waals surface area (Å²) in [7, 11) is -3.51. The van der Waals surface area contributed by atoms with E-state index in [9.17, 15) is 14.5 Å². The summed E-state index contributed by atoms with van der Waals surface area (Å²) in [4.78, 5) is 14.4. The van der Waals surface area contributed by atoms with Crippen molar-refractivity contribution >= 4 is 13.8 Å². The Kier molecular flexibility index (Phi) is 44.2. The second kappa shape index (κ2) is 44.6. The smallest absolute Gasteiger partial charge is 0.466 e. The number of phosphoric ester groups is 1. The largest absolute Gasteiger partial charge is 0.474 e. The molecule has 0 heterocycles. The Balaban J connectivity index is 3.99. The summed E-state index contributed by atoms with van der Waals surface area (Å²) in [6, 6.07) is 0. The number of unbranched alkanes of at least 4 members (excludes halogenated alkanes) is 28. The molecule has 0 aliphatic heterocycles. The molecule has 0 rings (SSSR count). The molecular formula is C46H94NO7P. The molecule has 0 fully saturated rings. The van der Waals surface area contributed by atoms with Crippen LogP contribution in [0.15, 0.2) is 0 Å². The zero-order valence-electron chi connectivity index (χ0n) is 37.0. The van der Waals surface area contributed by atoms with Gasteiger partial charge in [-0.05, 0) is 58.0 Å². The van der Waals surface area contributed by atoms with Crippen molar-refractivity contribution in [3.63, 3.8) is 0 Å². The van der Waals surface area contributed by atoms with Crippen LogP contribution in [0.25, 0.3) is 0 Å². The highest BCUT2D eigenvalue weighted by Crippen LogP contribution is 2.50. The van der Waals surface area contributed by atoms with Crippen molar-refractivity contribution in [3.8, 4) is 0 Å². The number of hydrogen-bond donors (Lipinski definition) is 1. The highest BCUT2D eigenvalue weighted by Gasteiger charge is 2.26. The first-order valence-electron chi connectivity index (χ1n) is 24.0. The van der Waals surface area contributed by atoms with Crippen molar-refractivity contribution in [2.45, 2.75) is 239 Å². The monoisotopic (exact) mass is 804 g/mol. The minimum atomic E-state index is -3.51. The summed E-state index contributed by atoms with van der Waals surface area (Å²) in [5, 5.41) is 9.56. The third kappa shape index (κ3) is 41.5. The molecule has 0 unspecified atom stereocenters. The van der Waals surface area contributed by atoms with E-state index in [1.54, 1.807) is 0 Å². The zero-order valence-corrected chi connectivity index (χ0v) is 37.9. The number of carbonyl (C=O) groups is 1. The van der Waals surface area contributed by atoms with Crippen LogP contribution in [0.3, 0.4) is 0 Å². The fraction of sp³-hybridized carbons (Fsp3) is 0.978. The van der Waals surface area contributed by atoms with Gasteiger partial charge in [-0.1, -0.05) is 188 Å². The fourth-order valence-electron chi connectivity index (χ4n) is 7.01. The van der Waals surface area contributed by atoms with Gasteiger partial charge in [0.1, 0.15) is 0 Å². The van der Waals surface area contributed by atoms with Gasteiger partial charge < -0.3 is 14.7 Å². The summed E-state index contributed by atoms with van der Waals surface area (Å²) in [5.41, 5.74) is 0. The lowest BCUT2D eigenvalue weighted by Gasteiger charge is -2.21. The number of carbonyl (C=O) groups excluding carboxylic acids is 1. The maximum atomic E-state index is 13.4. The third-order valence-corrected chi connectivity index (χ3v) is 12.1. The van der Waals surface area contributed by atoms with Crippen LogP contribution in [0, 0.1) is 0 Å². The summed E-state index contributed by atoms with van der Waals surface area (Å²) in [6.45, 7) is 11.7. The van der Waals surface area contributed by atoms with Crippen LogP contribution in [0.2, 0.25) is 0 Å². The molecule has 0 saturated carbocycles. The van der Waals surface area contributed by atoms with Gasteiger partial charge in [-0.25, -0.2) is 4.57 Å². The first kappa shape index (κ1) is 54.5. The second-order valence-corrected chi connectivity index (χ2v) is 17.8. The van der Waals surface area contributed by atoms with Crippen LogP contribution in [0.4, 0.5) is 0 Å². The van der Waals surface area contributed by atoms with E-state index in [1.165, 1.54) is 135 Å². The van der Waals surface area contributed by atoms with Crippen LogP contribution in [0.1, 0.15) is 239 Å². The third-order valence-electron chi connectivity index (χ3n) is 10.6. The molecule has 330 valence electrons. The van der Waals surface area contributed by atoms with Crippen molar-refractivity contribution in [3.05, 3.63) is 0 Å². The Bertz CT molecular complexity index is 793. The average molecular weight is 804 g/mol. The van der Waals surface area contributed by atoms with E-state index in [-0.39, 0.29) is 12.6 Å². The number of aliphatic hydroxyl groups excluding tert-OH is 1. The number of phosphoric acid groups is 1. The lowest BCUT2D eigenvalue weighted by atomic mass is 10.1. The minimum absolute atomic E-state index is 0.0324. The highest BCUT2D eigenvalue weighted by molar-refractivity contribution is 7.48. The first-order valence-corrected chi connectivity index (χ1v) is 25.5. The number of nitrogens with zero attached hydrogens (tertiary/aromatic N) is 1. The van der Waals surface area contributed by atoms with Crippen molar-refractivity contribution in [2.24, 2.45) is 0 Å². The molecule has 0 radical (unpaired) electrons. The molecule has 0 bridgehead atoms. The minimum Gasteiger partial charge on any atom is -0.466 e. The van der Waals surface area contributed by atoms with E-state index in [2.05, 4.69) is 25.7 Å². The van der Waals surface area contributed by atoms with Gasteiger partial charge in [0.15, 0.2) is 0 Å². The molecular weight excluding hydrogens is 709 g/mol. The lowest BCUT2D eigenvalue weighted by molar-refractivity contribution is -0.143. The number of esters is 1. The molecule has 0 aromatic carbocycles. The number of hydrogen-bond acceptors (Lipinski definition) is 8. The summed E-state index contributed by atoms with van der Waals surface area (Å²) < 4.78 is 36.2. The number of ether oxygens (including phenoxy) is 1. The van der Waals surface area contributed by atoms with Crippen LogP contribution < -0.4 is 0 Å². The van der Waals surface area contributed by atoms with E-state index in [0.717, 1.165) is 96.7 Å². The van der Waals surface area contributed by atoms with E-state index in [0.29, 0.717) is 32.8 Å². The zero-order chi connectivity index (χ0) is 40.2. The predicted octanol–water partition coefficient (Wildman–Crippen LogP) is 14.3. The Labute approximate surface area is 342 Å². The lowest BCUT2D eigenvalue weighted by Crippen LogP contribution is -2.29. The van der Waals surface area contributed by atoms with Crippen molar-refractivity contribution in [2.75, 3.05) is 52.7 Å². The molecule has 55 heavy (non-hydrogen) atoms. The molecule has 0 aliphatic carbocycles. The molecule has 0 aliphatic rings. The Morgan fingerprint density at radius 1 is 0.418 bits per heavy atom. The molecule has 1 N–H and O–H groups in total. The summed E-state index contributed by atoms with van der Waals surface area (Å²) >= 11 is 0. The molecule has 9 heteroatoms. The molecule has 0 atom stereocenters. The van der Waals surface area contributed by atoms with E-state index >= 15 is 0 Å². The predicted molar refractivity (Wildman–Crippen MR) is 234 cm³/mol. The molecule has 0 saturated heterocycles. The second-order valence-electron chi connectivity index (χ2n) is 16.1. The standard InChI is InChI=1S/C46H94NO7P/c1-4-7-10-13-18-26-33-42-51-46(49)37-30-23-22-25-32-39-47(40-41-48)38-31-24-17-16-21-29-36-45-54-55(50,52-43-34-27-19-14-11-8-5-2)53-44-35-28-20-15-12-9-6-3/h48H,4-45H2,1-3H3. The van der Waals surface area contributed by atoms with E-state index in [4.69, 9.17) is 18.3 Å². The number of rotatable bonds is 47. The Hall–Kier alpha value is -0.500. The normalized spacial score (nSPS) is 11.9. The van der Waals surface area contributed by atoms with E-state index in [1.807, 2.05) is 0 Å². The van der Waals surface area contributed by atoms with Gasteiger partial charge in [0, 0.05) is 13.0 Å².